The molecule has 0 aliphatic carbocycles. The van der Waals surface area contributed by atoms with Gasteiger partial charge in [0.05, 0.1) is 5.52 Å². The minimum Gasteiger partial charge on any atom is -0.337 e. The molecule has 1 aromatic heterocycles. The second-order valence-electron chi connectivity index (χ2n) is 9.17. The molecule has 0 radical (unpaired) electrons. The van der Waals surface area contributed by atoms with E-state index in [4.69, 9.17) is 23.2 Å². The smallest absolute Gasteiger partial charge is 0.264 e. The van der Waals surface area contributed by atoms with Gasteiger partial charge in [-0.05, 0) is 60.5 Å². The average molecular weight is 570 g/mol. The fourth-order valence-electron chi connectivity index (χ4n) is 4.59. The topological polar surface area (TPSA) is 82.6 Å². The maximum atomic E-state index is 13.2. The van der Waals surface area contributed by atoms with Gasteiger partial charge in [0.1, 0.15) is 4.90 Å². The summed E-state index contributed by atoms with van der Waals surface area (Å²) in [6.45, 7) is 3.51. The van der Waals surface area contributed by atoms with E-state index in [2.05, 4.69) is 14.6 Å². The summed E-state index contributed by atoms with van der Waals surface area (Å²) in [5, 5.41) is 1.99. The molecule has 5 rings (SSSR count). The second kappa shape index (κ2) is 11.3. The number of anilines is 1. The van der Waals surface area contributed by atoms with E-state index < -0.39 is 10.0 Å². The van der Waals surface area contributed by atoms with Crippen LogP contribution >= 0.6 is 23.2 Å². The van der Waals surface area contributed by atoms with Crippen LogP contribution in [0.5, 0.6) is 0 Å². The summed E-state index contributed by atoms with van der Waals surface area (Å²) >= 11 is 12.4. The Bertz CT molecular complexity index is 1570. The zero-order valence-electron chi connectivity index (χ0n) is 20.5. The summed E-state index contributed by atoms with van der Waals surface area (Å²) in [5.41, 5.74) is 2.29. The zero-order chi connectivity index (χ0) is 26.7. The van der Waals surface area contributed by atoms with E-state index in [1.807, 2.05) is 29.2 Å². The van der Waals surface area contributed by atoms with Gasteiger partial charge in [0.15, 0.2) is 0 Å². The van der Waals surface area contributed by atoms with Gasteiger partial charge in [-0.25, -0.2) is 8.42 Å². The molecule has 0 saturated carbocycles. The fourth-order valence-corrected chi connectivity index (χ4v) is 6.30. The Hall–Kier alpha value is -3.17. The van der Waals surface area contributed by atoms with Crippen molar-refractivity contribution in [3.8, 4) is 0 Å². The molecule has 3 aromatic carbocycles. The number of hydrogen-bond acceptors (Lipinski definition) is 5. The van der Waals surface area contributed by atoms with Gasteiger partial charge in [0.2, 0.25) is 0 Å². The number of nitrogens with one attached hydrogen (secondary N) is 1. The molecule has 4 aromatic rings. The molecule has 1 saturated heterocycles. The van der Waals surface area contributed by atoms with E-state index in [0.717, 1.165) is 30.5 Å². The van der Waals surface area contributed by atoms with Crippen LogP contribution < -0.4 is 4.72 Å². The lowest BCUT2D eigenvalue weighted by Crippen LogP contribution is -2.35. The number of amides is 1. The predicted molar refractivity (Wildman–Crippen MR) is 151 cm³/mol. The third-order valence-electron chi connectivity index (χ3n) is 6.55. The lowest BCUT2D eigenvalue weighted by atomic mass is 10.2. The number of para-hydroxylation sites is 1. The Morgan fingerprint density at radius 2 is 1.71 bits per heavy atom. The minimum absolute atomic E-state index is 0.0796. The average Bonchev–Trinajstić information content (AvgIpc) is 3.15. The molecule has 0 spiro atoms. The first-order valence-electron chi connectivity index (χ1n) is 12.2. The lowest BCUT2D eigenvalue weighted by Gasteiger charge is -2.22. The Balaban J connectivity index is 1.23. The van der Waals surface area contributed by atoms with Gasteiger partial charge in [-0.15, -0.1) is 0 Å². The Kier molecular flexibility index (Phi) is 7.85. The highest BCUT2D eigenvalue weighted by atomic mass is 35.5. The number of aromatic nitrogens is 1. The zero-order valence-corrected chi connectivity index (χ0v) is 22.8. The summed E-state index contributed by atoms with van der Waals surface area (Å²) in [6, 6.07) is 20.6. The fraction of sp³-hybridized carbons (Fsp3) is 0.214. The van der Waals surface area contributed by atoms with Gasteiger partial charge in [0.25, 0.3) is 15.9 Å². The highest BCUT2D eigenvalue weighted by molar-refractivity contribution is 7.93. The van der Waals surface area contributed by atoms with Crippen molar-refractivity contribution < 1.29 is 13.2 Å². The van der Waals surface area contributed by atoms with Crippen molar-refractivity contribution in [3.63, 3.8) is 0 Å². The molecule has 38 heavy (non-hydrogen) atoms. The molecule has 0 atom stereocenters. The van der Waals surface area contributed by atoms with E-state index in [1.54, 1.807) is 48.7 Å². The van der Waals surface area contributed by atoms with Gasteiger partial charge in [-0.2, -0.15) is 0 Å². The summed E-state index contributed by atoms with van der Waals surface area (Å²) in [6.07, 6.45) is 2.41. The van der Waals surface area contributed by atoms with E-state index in [9.17, 15) is 13.2 Å². The highest BCUT2D eigenvalue weighted by Gasteiger charge is 2.22. The van der Waals surface area contributed by atoms with Gasteiger partial charge in [-0.3, -0.25) is 19.4 Å². The van der Waals surface area contributed by atoms with Crippen molar-refractivity contribution in [1.29, 1.82) is 0 Å². The third-order valence-corrected chi connectivity index (χ3v) is 8.55. The molecule has 1 aliphatic heterocycles. The number of carbonyl (C=O) groups is 1. The molecule has 0 bridgehead atoms. The number of rotatable bonds is 6. The number of hydrogen-bond donors (Lipinski definition) is 1. The van der Waals surface area contributed by atoms with Crippen LogP contribution in [0.4, 0.5) is 5.69 Å². The Morgan fingerprint density at radius 1 is 0.921 bits per heavy atom. The molecular formula is C28H26Cl2N4O3S. The van der Waals surface area contributed by atoms with Crippen molar-refractivity contribution in [2.75, 3.05) is 30.9 Å². The van der Waals surface area contributed by atoms with E-state index in [0.29, 0.717) is 46.4 Å². The first kappa shape index (κ1) is 26.4. The lowest BCUT2D eigenvalue weighted by molar-refractivity contribution is 0.0761. The number of halogens is 2. The van der Waals surface area contributed by atoms with Crippen LogP contribution in [-0.2, 0) is 16.6 Å². The van der Waals surface area contributed by atoms with Crippen molar-refractivity contribution >= 4 is 55.7 Å². The first-order valence-corrected chi connectivity index (χ1v) is 14.5. The number of fused-ring (bicyclic) bond motifs is 1. The largest absolute Gasteiger partial charge is 0.337 e. The molecule has 0 unspecified atom stereocenters. The van der Waals surface area contributed by atoms with E-state index in [1.165, 1.54) is 6.07 Å². The van der Waals surface area contributed by atoms with E-state index in [-0.39, 0.29) is 10.8 Å². The number of nitrogens with zero attached hydrogens (tertiary/aromatic N) is 3. The molecule has 1 fully saturated rings. The molecule has 1 N–H and O–H groups in total. The number of benzene rings is 3. The van der Waals surface area contributed by atoms with Crippen LogP contribution in [0.25, 0.3) is 10.9 Å². The van der Waals surface area contributed by atoms with Crippen molar-refractivity contribution in [2.45, 2.75) is 17.9 Å². The van der Waals surface area contributed by atoms with Crippen molar-refractivity contribution in [2.24, 2.45) is 0 Å². The number of carbonyl (C=O) groups excluding carboxylic acids is 1. The van der Waals surface area contributed by atoms with Gasteiger partial charge in [-0.1, -0.05) is 47.5 Å². The van der Waals surface area contributed by atoms with Crippen LogP contribution in [0.3, 0.4) is 0 Å². The summed E-state index contributed by atoms with van der Waals surface area (Å²) < 4.78 is 28.7. The van der Waals surface area contributed by atoms with Crippen molar-refractivity contribution in [1.82, 2.24) is 14.8 Å². The highest BCUT2D eigenvalue weighted by Crippen LogP contribution is 2.25. The van der Waals surface area contributed by atoms with Crippen LogP contribution in [0.2, 0.25) is 10.0 Å². The number of sulfonamides is 1. The summed E-state index contributed by atoms with van der Waals surface area (Å²) in [5.74, 6) is -0.0796. The second-order valence-corrected chi connectivity index (χ2v) is 11.7. The monoisotopic (exact) mass is 568 g/mol. The molecule has 2 heterocycles. The summed E-state index contributed by atoms with van der Waals surface area (Å²) in [4.78, 5) is 21.7. The SMILES string of the molecule is O=C(c1ccc(NS(=O)(=O)c2cccc3cccnc23)cc1)N1CCCN(Cc2ccc(Cl)cc2Cl)CC1. The first-order chi connectivity index (χ1) is 18.3. The van der Waals surface area contributed by atoms with Crippen LogP contribution in [0.15, 0.2) is 83.9 Å². The Morgan fingerprint density at radius 3 is 2.50 bits per heavy atom. The van der Waals surface area contributed by atoms with Crippen LogP contribution in [0.1, 0.15) is 22.3 Å². The standard InChI is InChI=1S/C28H26Cl2N4O3S/c29-23-10-7-22(25(30)18-23)19-33-14-3-15-34(17-16-33)28(35)21-8-11-24(12-9-21)32-38(36,37)26-6-1-4-20-5-2-13-31-27(20)26/h1-2,4-13,18,32H,3,14-17,19H2. The predicted octanol–water partition coefficient (Wildman–Crippen LogP) is 5.69. The van der Waals surface area contributed by atoms with Crippen molar-refractivity contribution in [3.05, 3.63) is 100 Å². The van der Waals surface area contributed by atoms with E-state index >= 15 is 0 Å². The number of pyridine rings is 1. The minimum atomic E-state index is -3.87. The van der Waals surface area contributed by atoms with Crippen LogP contribution in [-0.4, -0.2) is 55.3 Å². The summed E-state index contributed by atoms with van der Waals surface area (Å²) in [7, 11) is -3.87. The Labute approximate surface area is 232 Å². The van der Waals surface area contributed by atoms with Gasteiger partial charge in [0, 0.05) is 65.6 Å². The molecule has 10 heteroatoms. The van der Waals surface area contributed by atoms with Gasteiger partial charge < -0.3 is 4.90 Å². The molecule has 196 valence electrons. The molecule has 1 amide bonds. The molecule has 7 nitrogen and oxygen atoms in total. The van der Waals surface area contributed by atoms with Crippen LogP contribution in [0, 0.1) is 0 Å². The van der Waals surface area contributed by atoms with Gasteiger partial charge >= 0.3 is 0 Å². The third kappa shape index (κ3) is 5.94. The molecule has 1 aliphatic rings. The molecular weight excluding hydrogens is 543 g/mol. The maximum Gasteiger partial charge on any atom is 0.264 e. The normalized spacial score (nSPS) is 14.8. The quantitative estimate of drug-likeness (QED) is 0.323. The maximum absolute atomic E-state index is 13.2.